The van der Waals surface area contributed by atoms with E-state index in [0.29, 0.717) is 12.2 Å². The zero-order chi connectivity index (χ0) is 16.0. The summed E-state index contributed by atoms with van der Waals surface area (Å²) in [5.74, 6) is 2.27. The Balaban J connectivity index is 1.54. The molecule has 1 amide bonds. The smallest absolute Gasteiger partial charge is 0.272 e. The number of carbonyl (C=O) groups excluding carboxylic acids is 1. The minimum atomic E-state index is -0.141. The van der Waals surface area contributed by atoms with Crippen molar-refractivity contribution in [3.05, 3.63) is 28.2 Å². The normalized spacial score (nSPS) is 34.6. The minimum Gasteiger partial charge on any atom is -0.345 e. The van der Waals surface area contributed by atoms with Crippen molar-refractivity contribution in [1.82, 2.24) is 15.1 Å². The summed E-state index contributed by atoms with van der Waals surface area (Å²) in [4.78, 5) is 24.5. The number of aromatic nitrogens is 2. The van der Waals surface area contributed by atoms with Gasteiger partial charge in [0.25, 0.3) is 11.5 Å². The summed E-state index contributed by atoms with van der Waals surface area (Å²) in [6.07, 6.45) is 8.27. The van der Waals surface area contributed by atoms with Crippen LogP contribution in [0.4, 0.5) is 0 Å². The lowest BCUT2D eigenvalue weighted by molar-refractivity contribution is -0.0168. The molecule has 0 atom stereocenters. The Kier molecular flexibility index (Phi) is 3.54. The molecular formula is C18H25N3O2. The van der Waals surface area contributed by atoms with Crippen LogP contribution in [0, 0.1) is 17.8 Å². The van der Waals surface area contributed by atoms with Gasteiger partial charge < -0.3 is 5.32 Å². The molecule has 5 nitrogen and oxygen atoms in total. The first-order valence-corrected chi connectivity index (χ1v) is 8.97. The van der Waals surface area contributed by atoms with Gasteiger partial charge in [-0.2, -0.15) is 5.10 Å². The highest BCUT2D eigenvalue weighted by Gasteiger charge is 2.51. The van der Waals surface area contributed by atoms with Crippen LogP contribution in [0.5, 0.6) is 0 Å². The number of nitrogens with one attached hydrogen (secondary N) is 1. The highest BCUT2D eigenvalue weighted by atomic mass is 16.2. The van der Waals surface area contributed by atoms with Crippen molar-refractivity contribution in [2.75, 3.05) is 0 Å². The van der Waals surface area contributed by atoms with Crippen LogP contribution in [0.3, 0.4) is 0 Å². The van der Waals surface area contributed by atoms with E-state index in [1.54, 1.807) is 6.07 Å². The van der Waals surface area contributed by atoms with Gasteiger partial charge in [-0.25, -0.2) is 4.68 Å². The third-order valence-electron chi connectivity index (χ3n) is 5.95. The van der Waals surface area contributed by atoms with Crippen LogP contribution in [0.1, 0.15) is 62.4 Å². The molecule has 0 radical (unpaired) electrons. The number of nitrogens with zero attached hydrogens (tertiary/aromatic N) is 2. The van der Waals surface area contributed by atoms with E-state index in [-0.39, 0.29) is 17.0 Å². The molecule has 4 aliphatic rings. The molecule has 5 rings (SSSR count). The predicted octanol–water partition coefficient (Wildman–Crippen LogP) is 2.35. The Labute approximate surface area is 136 Å². The maximum Gasteiger partial charge on any atom is 0.272 e. The average molecular weight is 315 g/mol. The van der Waals surface area contributed by atoms with Crippen molar-refractivity contribution in [1.29, 1.82) is 0 Å². The highest BCUT2D eigenvalue weighted by Crippen LogP contribution is 2.55. The zero-order valence-corrected chi connectivity index (χ0v) is 13.8. The molecule has 0 spiro atoms. The summed E-state index contributed by atoms with van der Waals surface area (Å²) >= 11 is 0. The van der Waals surface area contributed by atoms with Gasteiger partial charge in [0.1, 0.15) is 5.69 Å². The number of hydrogen-bond acceptors (Lipinski definition) is 3. The van der Waals surface area contributed by atoms with Crippen LogP contribution in [0.25, 0.3) is 0 Å². The van der Waals surface area contributed by atoms with Crippen molar-refractivity contribution >= 4 is 5.91 Å². The molecule has 23 heavy (non-hydrogen) atoms. The lowest BCUT2D eigenvalue weighted by atomic mass is 9.53. The Morgan fingerprint density at radius 2 is 1.83 bits per heavy atom. The van der Waals surface area contributed by atoms with Crippen LogP contribution >= 0.6 is 0 Å². The summed E-state index contributed by atoms with van der Waals surface area (Å²) in [7, 11) is 0. The molecule has 1 N–H and O–H groups in total. The number of carbonyl (C=O) groups is 1. The summed E-state index contributed by atoms with van der Waals surface area (Å²) in [6, 6.07) is 3.02. The molecule has 0 unspecified atom stereocenters. The van der Waals surface area contributed by atoms with Gasteiger partial charge in [-0.05, 0) is 68.8 Å². The van der Waals surface area contributed by atoms with Gasteiger partial charge in [0.2, 0.25) is 0 Å². The Bertz CT molecular complexity index is 644. The summed E-state index contributed by atoms with van der Waals surface area (Å²) < 4.78 is 1.40. The molecule has 4 bridgehead atoms. The minimum absolute atomic E-state index is 0.0146. The number of rotatable bonds is 4. The molecule has 124 valence electrons. The first kappa shape index (κ1) is 14.9. The second kappa shape index (κ2) is 5.46. The molecule has 1 aromatic rings. The Morgan fingerprint density at radius 1 is 1.22 bits per heavy atom. The van der Waals surface area contributed by atoms with Gasteiger partial charge in [-0.3, -0.25) is 9.59 Å². The van der Waals surface area contributed by atoms with Crippen molar-refractivity contribution in [2.24, 2.45) is 17.8 Å². The third-order valence-corrected chi connectivity index (χ3v) is 5.95. The molecule has 1 aromatic heterocycles. The van der Waals surface area contributed by atoms with E-state index in [9.17, 15) is 9.59 Å². The summed E-state index contributed by atoms with van der Waals surface area (Å²) in [6.45, 7) is 2.55. The van der Waals surface area contributed by atoms with Crippen LogP contribution in [0.15, 0.2) is 16.9 Å². The fraction of sp³-hybridized carbons (Fsp3) is 0.722. The first-order chi connectivity index (χ1) is 11.1. The largest absolute Gasteiger partial charge is 0.345 e. The molecule has 4 fully saturated rings. The highest BCUT2D eigenvalue weighted by molar-refractivity contribution is 5.92. The second-order valence-electron chi connectivity index (χ2n) is 7.93. The molecule has 0 saturated heterocycles. The average Bonchev–Trinajstić information content (AvgIpc) is 2.47. The molecule has 5 heteroatoms. The molecule has 0 aliphatic heterocycles. The fourth-order valence-electron chi connectivity index (χ4n) is 5.51. The number of hydrogen-bond donors (Lipinski definition) is 1. The second-order valence-corrected chi connectivity index (χ2v) is 7.93. The van der Waals surface area contributed by atoms with E-state index in [1.165, 1.54) is 30.0 Å². The quantitative estimate of drug-likeness (QED) is 0.927. The fourth-order valence-corrected chi connectivity index (χ4v) is 5.51. The molecule has 4 aliphatic carbocycles. The van der Waals surface area contributed by atoms with Gasteiger partial charge in [-0.1, -0.05) is 6.92 Å². The van der Waals surface area contributed by atoms with E-state index in [1.807, 2.05) is 6.92 Å². The van der Waals surface area contributed by atoms with Crippen molar-refractivity contribution in [2.45, 2.75) is 64.0 Å². The molecule has 1 heterocycles. The van der Waals surface area contributed by atoms with Crippen molar-refractivity contribution in [3.8, 4) is 0 Å². The topological polar surface area (TPSA) is 64.0 Å². The molecule has 4 saturated carbocycles. The standard InChI is InChI=1S/C18H25N3O2/c1-2-5-21-16(22)4-3-15(20-21)17(23)19-18-9-12-6-13(10-18)8-14(7-12)11-18/h3-4,12-14H,2,5-11H2,1H3,(H,19,23). The van der Waals surface area contributed by atoms with Crippen molar-refractivity contribution in [3.63, 3.8) is 0 Å². The Hall–Kier alpha value is -1.65. The van der Waals surface area contributed by atoms with Gasteiger partial charge in [0.15, 0.2) is 0 Å². The van der Waals surface area contributed by atoms with Gasteiger partial charge in [-0.15, -0.1) is 0 Å². The summed E-state index contributed by atoms with van der Waals surface area (Å²) in [5, 5.41) is 7.57. The first-order valence-electron chi connectivity index (χ1n) is 8.97. The maximum absolute atomic E-state index is 12.7. The van der Waals surface area contributed by atoms with Crippen LogP contribution in [-0.4, -0.2) is 21.2 Å². The monoisotopic (exact) mass is 315 g/mol. The zero-order valence-electron chi connectivity index (χ0n) is 13.8. The van der Waals surface area contributed by atoms with E-state index in [0.717, 1.165) is 43.4 Å². The molecule has 0 aromatic carbocycles. The van der Waals surface area contributed by atoms with E-state index in [2.05, 4.69) is 10.4 Å². The Morgan fingerprint density at radius 3 is 2.39 bits per heavy atom. The third kappa shape index (κ3) is 2.70. The van der Waals surface area contributed by atoms with E-state index >= 15 is 0 Å². The predicted molar refractivity (Wildman–Crippen MR) is 87.2 cm³/mol. The SMILES string of the molecule is CCCn1nc(C(=O)NC23CC4CC(CC(C4)C2)C3)ccc1=O. The van der Waals surface area contributed by atoms with Crippen molar-refractivity contribution < 1.29 is 4.79 Å². The van der Waals surface area contributed by atoms with Crippen LogP contribution < -0.4 is 10.9 Å². The number of aryl methyl sites for hydroxylation is 1. The maximum atomic E-state index is 12.7. The van der Waals surface area contributed by atoms with Gasteiger partial charge in [0.05, 0.1) is 0 Å². The van der Waals surface area contributed by atoms with Crippen LogP contribution in [-0.2, 0) is 6.54 Å². The van der Waals surface area contributed by atoms with Gasteiger partial charge >= 0.3 is 0 Å². The lowest BCUT2D eigenvalue weighted by Gasteiger charge is -2.56. The number of amides is 1. The molecular weight excluding hydrogens is 290 g/mol. The van der Waals surface area contributed by atoms with Crippen LogP contribution in [0.2, 0.25) is 0 Å². The summed E-state index contributed by atoms with van der Waals surface area (Å²) in [5.41, 5.74) is 0.214. The van der Waals surface area contributed by atoms with E-state index in [4.69, 9.17) is 0 Å². The van der Waals surface area contributed by atoms with E-state index < -0.39 is 0 Å². The van der Waals surface area contributed by atoms with Gasteiger partial charge in [0, 0.05) is 18.2 Å². The lowest BCUT2D eigenvalue weighted by Crippen LogP contribution is -2.60.